The molecule has 3 aromatic carbocycles. The third-order valence-electron chi connectivity index (χ3n) is 4.04. The summed E-state index contributed by atoms with van der Waals surface area (Å²) < 4.78 is 11.3. The van der Waals surface area contributed by atoms with Crippen LogP contribution in [0.25, 0.3) is 0 Å². The number of hydrogen-bond acceptors (Lipinski definition) is 4. The van der Waals surface area contributed by atoms with E-state index in [1.807, 2.05) is 49.4 Å². The number of hydrogen-bond donors (Lipinski definition) is 1. The molecule has 0 atom stereocenters. The van der Waals surface area contributed by atoms with Crippen molar-refractivity contribution in [1.82, 2.24) is 5.43 Å². The van der Waals surface area contributed by atoms with Crippen LogP contribution in [-0.4, -0.2) is 18.7 Å². The summed E-state index contributed by atoms with van der Waals surface area (Å²) in [5.41, 5.74) is 5.42. The Balaban J connectivity index is 1.53. The Morgan fingerprint density at radius 1 is 1.00 bits per heavy atom. The minimum atomic E-state index is -0.421. The summed E-state index contributed by atoms with van der Waals surface area (Å²) in [6.07, 6.45) is 1.53. The minimum absolute atomic E-state index is 0.232. The summed E-state index contributed by atoms with van der Waals surface area (Å²) in [5, 5.41) is 4.80. The molecule has 1 amide bonds. The lowest BCUT2D eigenvalue weighted by molar-refractivity contribution is -0.123. The highest BCUT2D eigenvalue weighted by atomic mass is 35.5. The predicted molar refractivity (Wildman–Crippen MR) is 120 cm³/mol. The van der Waals surface area contributed by atoms with Crippen LogP contribution in [-0.2, 0) is 11.4 Å². The number of carbonyl (C=O) groups excluding carboxylic acids is 1. The quantitative estimate of drug-likeness (QED) is 0.374. The van der Waals surface area contributed by atoms with Crippen molar-refractivity contribution in [3.05, 3.63) is 93.5 Å². The molecule has 0 spiro atoms. The van der Waals surface area contributed by atoms with E-state index >= 15 is 0 Å². The van der Waals surface area contributed by atoms with Crippen molar-refractivity contribution in [3.63, 3.8) is 0 Å². The zero-order valence-corrected chi connectivity index (χ0v) is 17.8. The number of hydrazone groups is 1. The molecule has 0 saturated heterocycles. The van der Waals surface area contributed by atoms with Crippen molar-refractivity contribution in [1.29, 1.82) is 0 Å². The smallest absolute Gasteiger partial charge is 0.277 e. The molecule has 0 bridgehead atoms. The second kappa shape index (κ2) is 10.7. The highest BCUT2D eigenvalue weighted by molar-refractivity contribution is 6.35. The molecule has 5 nitrogen and oxygen atoms in total. The molecular weight excluding hydrogens is 423 g/mol. The number of ether oxygens (including phenoxy) is 2. The van der Waals surface area contributed by atoms with Crippen LogP contribution in [0.15, 0.2) is 71.8 Å². The predicted octanol–water partition coefficient (Wildman–Crippen LogP) is 5.41. The number of nitrogens with zero attached hydrogens (tertiary/aromatic N) is 1. The number of benzene rings is 3. The van der Waals surface area contributed by atoms with Crippen molar-refractivity contribution < 1.29 is 14.3 Å². The van der Waals surface area contributed by atoms with Crippen molar-refractivity contribution >= 4 is 35.3 Å². The van der Waals surface area contributed by atoms with E-state index in [-0.39, 0.29) is 6.61 Å². The van der Waals surface area contributed by atoms with Gasteiger partial charge >= 0.3 is 0 Å². The van der Waals surface area contributed by atoms with Gasteiger partial charge in [0.15, 0.2) is 6.61 Å². The molecule has 0 aromatic heterocycles. The molecule has 3 aromatic rings. The first-order valence-corrected chi connectivity index (χ1v) is 9.94. The number of carbonyl (C=O) groups is 1. The Bertz CT molecular complexity index is 1050. The Labute approximate surface area is 185 Å². The number of halogens is 2. The average molecular weight is 443 g/mol. The zero-order chi connectivity index (χ0) is 21.3. The Hall–Kier alpha value is -3.02. The highest BCUT2D eigenvalue weighted by Gasteiger charge is 2.06. The summed E-state index contributed by atoms with van der Waals surface area (Å²) in [7, 11) is 0. The van der Waals surface area contributed by atoms with Gasteiger partial charge < -0.3 is 9.47 Å². The van der Waals surface area contributed by atoms with Gasteiger partial charge in [-0.1, -0.05) is 65.2 Å². The van der Waals surface area contributed by atoms with E-state index in [0.717, 1.165) is 11.1 Å². The summed E-state index contributed by atoms with van der Waals surface area (Å²) in [6.45, 7) is 2.25. The van der Waals surface area contributed by atoms with Gasteiger partial charge in [0.05, 0.1) is 11.2 Å². The third-order valence-corrected chi connectivity index (χ3v) is 4.57. The molecule has 0 aliphatic rings. The monoisotopic (exact) mass is 442 g/mol. The molecule has 3 rings (SSSR count). The second-order valence-electron chi connectivity index (χ2n) is 6.47. The fourth-order valence-electron chi connectivity index (χ4n) is 2.62. The molecule has 0 aliphatic carbocycles. The van der Waals surface area contributed by atoms with Crippen LogP contribution in [0.3, 0.4) is 0 Å². The van der Waals surface area contributed by atoms with E-state index in [0.29, 0.717) is 28.2 Å². The van der Waals surface area contributed by atoms with E-state index in [9.17, 15) is 4.79 Å². The van der Waals surface area contributed by atoms with E-state index < -0.39 is 5.91 Å². The molecule has 0 unspecified atom stereocenters. The van der Waals surface area contributed by atoms with Crippen molar-refractivity contribution in [3.8, 4) is 11.5 Å². The van der Waals surface area contributed by atoms with Crippen LogP contribution >= 0.6 is 23.2 Å². The Morgan fingerprint density at radius 3 is 2.63 bits per heavy atom. The summed E-state index contributed by atoms with van der Waals surface area (Å²) in [4.78, 5) is 12.0. The lowest BCUT2D eigenvalue weighted by Gasteiger charge is -2.09. The maximum Gasteiger partial charge on any atom is 0.277 e. The number of nitrogens with one attached hydrogen (secondary N) is 1. The van der Waals surface area contributed by atoms with E-state index in [1.54, 1.807) is 18.2 Å². The van der Waals surface area contributed by atoms with E-state index in [1.165, 1.54) is 11.8 Å². The maximum absolute atomic E-state index is 12.0. The van der Waals surface area contributed by atoms with Crippen LogP contribution in [0.1, 0.15) is 16.7 Å². The topological polar surface area (TPSA) is 59.9 Å². The molecule has 30 heavy (non-hydrogen) atoms. The van der Waals surface area contributed by atoms with Crippen LogP contribution in [0.4, 0.5) is 0 Å². The number of amides is 1. The molecule has 154 valence electrons. The summed E-state index contributed by atoms with van der Waals surface area (Å²) in [6, 6.07) is 20.3. The Kier molecular flexibility index (Phi) is 7.71. The average Bonchev–Trinajstić information content (AvgIpc) is 2.72. The summed E-state index contributed by atoms with van der Waals surface area (Å²) >= 11 is 11.8. The lowest BCUT2D eigenvalue weighted by atomic mass is 10.1. The fraction of sp³-hybridized carbons (Fsp3) is 0.130. The van der Waals surface area contributed by atoms with Gasteiger partial charge in [0.2, 0.25) is 0 Å². The van der Waals surface area contributed by atoms with Crippen molar-refractivity contribution in [2.24, 2.45) is 5.10 Å². The van der Waals surface area contributed by atoms with Crippen molar-refractivity contribution in [2.45, 2.75) is 13.5 Å². The van der Waals surface area contributed by atoms with E-state index in [2.05, 4.69) is 16.6 Å². The van der Waals surface area contributed by atoms with Gasteiger partial charge in [0.1, 0.15) is 18.1 Å². The summed E-state index contributed by atoms with van der Waals surface area (Å²) in [5.74, 6) is 0.617. The normalized spacial score (nSPS) is 10.8. The van der Waals surface area contributed by atoms with Gasteiger partial charge in [-0.2, -0.15) is 5.10 Å². The highest BCUT2D eigenvalue weighted by Crippen LogP contribution is 2.27. The molecule has 0 fully saturated rings. The zero-order valence-electron chi connectivity index (χ0n) is 16.3. The van der Waals surface area contributed by atoms with Gasteiger partial charge in [0.25, 0.3) is 5.91 Å². The standard InChI is InChI=1S/C23H20Cl2N2O3/c1-16-5-4-6-17(11-16)14-29-21-8-3-2-7-18(21)13-26-27-23(28)15-30-22-10-9-19(24)12-20(22)25/h2-13H,14-15H2,1H3,(H,27,28)/b26-13+. The van der Waals surface area contributed by atoms with Crippen LogP contribution < -0.4 is 14.9 Å². The van der Waals surface area contributed by atoms with Gasteiger partial charge in [-0.15, -0.1) is 0 Å². The van der Waals surface area contributed by atoms with Crippen molar-refractivity contribution in [2.75, 3.05) is 6.61 Å². The maximum atomic E-state index is 12.0. The molecule has 0 saturated carbocycles. The SMILES string of the molecule is Cc1cccc(COc2ccccc2/C=N/NC(=O)COc2ccc(Cl)cc2Cl)c1. The minimum Gasteiger partial charge on any atom is -0.488 e. The number of aryl methyl sites for hydroxylation is 1. The van der Waals surface area contributed by atoms with E-state index in [4.69, 9.17) is 32.7 Å². The van der Waals surface area contributed by atoms with Crippen LogP contribution in [0.5, 0.6) is 11.5 Å². The second-order valence-corrected chi connectivity index (χ2v) is 7.32. The van der Waals surface area contributed by atoms with Gasteiger partial charge in [-0.3, -0.25) is 4.79 Å². The first kappa shape index (κ1) is 21.7. The first-order chi connectivity index (χ1) is 14.5. The largest absolute Gasteiger partial charge is 0.488 e. The third kappa shape index (κ3) is 6.51. The molecule has 0 aliphatic heterocycles. The van der Waals surface area contributed by atoms with Crippen LogP contribution in [0, 0.1) is 6.92 Å². The number of rotatable bonds is 8. The van der Waals surface area contributed by atoms with Gasteiger partial charge in [-0.05, 0) is 42.8 Å². The fourth-order valence-corrected chi connectivity index (χ4v) is 3.09. The number of para-hydroxylation sites is 1. The molecule has 1 N–H and O–H groups in total. The molecule has 7 heteroatoms. The molecule has 0 radical (unpaired) electrons. The molecule has 0 heterocycles. The van der Waals surface area contributed by atoms with Gasteiger partial charge in [0, 0.05) is 10.6 Å². The van der Waals surface area contributed by atoms with Gasteiger partial charge in [-0.25, -0.2) is 5.43 Å². The first-order valence-electron chi connectivity index (χ1n) is 9.18. The lowest BCUT2D eigenvalue weighted by Crippen LogP contribution is -2.24. The van der Waals surface area contributed by atoms with Crippen LogP contribution in [0.2, 0.25) is 10.0 Å². The Morgan fingerprint density at radius 2 is 1.83 bits per heavy atom. The molecular formula is C23H20Cl2N2O3.